The predicted molar refractivity (Wildman–Crippen MR) is 118 cm³/mol. The first kappa shape index (κ1) is 21.7. The lowest BCUT2D eigenvalue weighted by Crippen LogP contribution is -2.55. The van der Waals surface area contributed by atoms with Crippen LogP contribution in [0.3, 0.4) is 0 Å². The lowest BCUT2D eigenvalue weighted by Gasteiger charge is -2.38. The molecule has 0 unspecified atom stereocenters. The van der Waals surface area contributed by atoms with Crippen molar-refractivity contribution >= 4 is 23.4 Å². The highest BCUT2D eigenvalue weighted by Crippen LogP contribution is 2.38. The van der Waals surface area contributed by atoms with Crippen LogP contribution in [0.2, 0.25) is 0 Å². The van der Waals surface area contributed by atoms with E-state index in [1.54, 1.807) is 32.0 Å². The largest absolute Gasteiger partial charge is 0.476 e. The van der Waals surface area contributed by atoms with Crippen molar-refractivity contribution in [3.8, 4) is 5.75 Å². The topological polar surface area (TPSA) is 87.7 Å². The van der Waals surface area contributed by atoms with Crippen molar-refractivity contribution in [1.82, 2.24) is 10.6 Å². The third-order valence-electron chi connectivity index (χ3n) is 6.60. The summed E-state index contributed by atoms with van der Waals surface area (Å²) in [7, 11) is 0. The lowest BCUT2D eigenvalue weighted by molar-refractivity contribution is -0.134. The molecule has 0 saturated heterocycles. The van der Waals surface area contributed by atoms with Gasteiger partial charge in [-0.2, -0.15) is 0 Å². The van der Waals surface area contributed by atoms with Gasteiger partial charge in [0, 0.05) is 17.6 Å². The van der Waals surface area contributed by atoms with Crippen LogP contribution in [-0.4, -0.2) is 42.0 Å². The Balaban J connectivity index is 1.54. The predicted octanol–water partition coefficient (Wildman–Crippen LogP) is 3.31. The van der Waals surface area contributed by atoms with Gasteiger partial charge in [0.15, 0.2) is 5.60 Å². The molecule has 2 N–H and O–H groups in total. The zero-order chi connectivity index (χ0) is 22.0. The molecule has 4 rings (SSSR count). The number of nitrogens with zero attached hydrogens (tertiary/aromatic N) is 1. The molecule has 1 heterocycles. The fourth-order valence-electron chi connectivity index (χ4n) is 4.87. The Morgan fingerprint density at radius 3 is 2.29 bits per heavy atom. The summed E-state index contributed by atoms with van der Waals surface area (Å²) in [5.41, 5.74) is -0.129. The van der Waals surface area contributed by atoms with Gasteiger partial charge < -0.3 is 15.4 Å². The number of rotatable bonds is 5. The fraction of sp³-hybridized carbons (Fsp3) is 0.625. The zero-order valence-electron chi connectivity index (χ0n) is 18.5. The average Bonchev–Trinajstić information content (AvgIpc) is 3.24. The molecule has 1 aliphatic heterocycles. The van der Waals surface area contributed by atoms with E-state index in [0.717, 1.165) is 51.4 Å². The molecular weight excluding hydrogens is 394 g/mol. The Bertz CT molecular complexity index is 854. The number of benzene rings is 1. The van der Waals surface area contributed by atoms with E-state index in [-0.39, 0.29) is 36.3 Å². The van der Waals surface area contributed by atoms with E-state index in [4.69, 9.17) is 4.74 Å². The molecule has 168 valence electrons. The third-order valence-corrected chi connectivity index (χ3v) is 6.60. The minimum absolute atomic E-state index is 0.0805. The monoisotopic (exact) mass is 427 g/mol. The van der Waals surface area contributed by atoms with Gasteiger partial charge in [0.05, 0.1) is 5.69 Å². The van der Waals surface area contributed by atoms with Gasteiger partial charge in [-0.25, -0.2) is 0 Å². The number of fused-ring (bicyclic) bond motifs is 1. The van der Waals surface area contributed by atoms with Gasteiger partial charge in [-0.05, 0) is 57.7 Å². The first-order valence-corrected chi connectivity index (χ1v) is 11.6. The Kier molecular flexibility index (Phi) is 6.21. The summed E-state index contributed by atoms with van der Waals surface area (Å²) in [6.07, 6.45) is 9.70. The van der Waals surface area contributed by atoms with Crippen molar-refractivity contribution < 1.29 is 19.1 Å². The molecule has 7 heteroatoms. The van der Waals surface area contributed by atoms with E-state index in [2.05, 4.69) is 10.6 Å². The van der Waals surface area contributed by atoms with E-state index < -0.39 is 5.60 Å². The van der Waals surface area contributed by atoms with Crippen molar-refractivity contribution in [1.29, 1.82) is 0 Å². The van der Waals surface area contributed by atoms with Gasteiger partial charge in [0.2, 0.25) is 5.91 Å². The highest BCUT2D eigenvalue weighted by Gasteiger charge is 2.42. The molecule has 1 aromatic rings. The highest BCUT2D eigenvalue weighted by atomic mass is 16.5. The van der Waals surface area contributed by atoms with E-state index in [1.165, 1.54) is 11.3 Å². The number of anilines is 1. The normalized spacial score (nSPS) is 21.4. The summed E-state index contributed by atoms with van der Waals surface area (Å²) in [6, 6.07) is 5.50. The van der Waals surface area contributed by atoms with E-state index >= 15 is 0 Å². The molecule has 2 aliphatic carbocycles. The van der Waals surface area contributed by atoms with Crippen LogP contribution in [-0.2, 0) is 9.59 Å². The van der Waals surface area contributed by atoms with Crippen molar-refractivity contribution in [3.63, 3.8) is 0 Å². The Morgan fingerprint density at radius 2 is 1.61 bits per heavy atom. The maximum atomic E-state index is 13.1. The minimum atomic E-state index is -1.08. The van der Waals surface area contributed by atoms with Gasteiger partial charge in [-0.3, -0.25) is 19.3 Å². The first-order chi connectivity index (χ1) is 14.8. The van der Waals surface area contributed by atoms with Crippen LogP contribution >= 0.6 is 0 Å². The Morgan fingerprint density at radius 1 is 1.00 bits per heavy atom. The molecule has 3 aliphatic rings. The van der Waals surface area contributed by atoms with Crippen LogP contribution in [0, 0.1) is 0 Å². The number of amides is 3. The van der Waals surface area contributed by atoms with Gasteiger partial charge in [0.1, 0.15) is 12.3 Å². The maximum Gasteiger partial charge on any atom is 0.271 e. The quantitative estimate of drug-likeness (QED) is 0.755. The number of hydrogen-bond donors (Lipinski definition) is 2. The summed E-state index contributed by atoms with van der Waals surface area (Å²) in [6.45, 7) is 3.32. The first-order valence-electron chi connectivity index (χ1n) is 11.6. The van der Waals surface area contributed by atoms with Crippen LogP contribution in [0.25, 0.3) is 0 Å². The minimum Gasteiger partial charge on any atom is -0.476 e. The van der Waals surface area contributed by atoms with Gasteiger partial charge >= 0.3 is 0 Å². The van der Waals surface area contributed by atoms with E-state index in [1.807, 2.05) is 0 Å². The van der Waals surface area contributed by atoms with Gasteiger partial charge in [-0.15, -0.1) is 0 Å². The number of carbonyl (C=O) groups excluding carboxylic acids is 3. The molecule has 0 atom stereocenters. The summed E-state index contributed by atoms with van der Waals surface area (Å²) < 4.78 is 5.91. The van der Waals surface area contributed by atoms with E-state index in [0.29, 0.717) is 17.0 Å². The number of hydrogen-bond acceptors (Lipinski definition) is 4. The molecule has 0 spiro atoms. The highest BCUT2D eigenvalue weighted by molar-refractivity contribution is 6.07. The zero-order valence-corrected chi connectivity index (χ0v) is 18.5. The molecule has 2 fully saturated rings. The van der Waals surface area contributed by atoms with Crippen molar-refractivity contribution in [2.45, 2.75) is 89.3 Å². The van der Waals surface area contributed by atoms with Gasteiger partial charge in [-0.1, -0.05) is 32.1 Å². The average molecular weight is 428 g/mol. The number of carbonyl (C=O) groups is 3. The molecule has 0 radical (unpaired) electrons. The summed E-state index contributed by atoms with van der Waals surface area (Å²) >= 11 is 0. The maximum absolute atomic E-state index is 13.1. The van der Waals surface area contributed by atoms with E-state index in [9.17, 15) is 14.4 Å². The summed E-state index contributed by atoms with van der Waals surface area (Å²) in [4.78, 5) is 40.1. The van der Waals surface area contributed by atoms with Crippen LogP contribution in [0.1, 0.15) is 82.0 Å². The SMILES string of the molecule is CC1(C)Oc2ccc(C(=O)NC3CCCCC3)cc2N(CC(=O)NC2CCCC2)C1=O. The Labute approximate surface area is 183 Å². The molecule has 0 bridgehead atoms. The second-order valence-electron chi connectivity index (χ2n) is 9.54. The molecule has 1 aromatic carbocycles. The van der Waals surface area contributed by atoms with Crippen LogP contribution in [0.5, 0.6) is 5.75 Å². The third kappa shape index (κ3) is 4.86. The number of ether oxygens (including phenoxy) is 1. The molecule has 0 aromatic heterocycles. The van der Waals surface area contributed by atoms with Crippen LogP contribution in [0.4, 0.5) is 5.69 Å². The molecule has 31 heavy (non-hydrogen) atoms. The van der Waals surface area contributed by atoms with Crippen LogP contribution < -0.4 is 20.3 Å². The molecule has 7 nitrogen and oxygen atoms in total. The number of nitrogens with one attached hydrogen (secondary N) is 2. The standard InChI is InChI=1S/C24H33N3O4/c1-24(2)23(30)27(15-21(28)25-17-10-6-7-11-17)19-14-16(12-13-20(19)31-24)22(29)26-18-8-4-3-5-9-18/h12-14,17-18H,3-11,15H2,1-2H3,(H,25,28)(H,26,29). The lowest BCUT2D eigenvalue weighted by atomic mass is 9.95. The second-order valence-corrected chi connectivity index (χ2v) is 9.54. The summed E-state index contributed by atoms with van der Waals surface area (Å²) in [5.74, 6) is -0.109. The Hall–Kier alpha value is -2.57. The van der Waals surface area contributed by atoms with Crippen molar-refractivity contribution in [2.75, 3.05) is 11.4 Å². The molecule has 3 amide bonds. The fourth-order valence-corrected chi connectivity index (χ4v) is 4.87. The van der Waals surface area contributed by atoms with Crippen LogP contribution in [0.15, 0.2) is 18.2 Å². The van der Waals surface area contributed by atoms with Crippen molar-refractivity contribution in [3.05, 3.63) is 23.8 Å². The molecule has 2 saturated carbocycles. The summed E-state index contributed by atoms with van der Waals surface area (Å²) in [5, 5.41) is 6.15. The van der Waals surface area contributed by atoms with Gasteiger partial charge in [0.25, 0.3) is 11.8 Å². The second kappa shape index (κ2) is 8.89. The van der Waals surface area contributed by atoms with Crippen molar-refractivity contribution in [2.24, 2.45) is 0 Å². The smallest absolute Gasteiger partial charge is 0.271 e. The molecular formula is C24H33N3O4.